The maximum atomic E-state index is 12.2. The average Bonchev–Trinajstić information content (AvgIpc) is 2.48. The van der Waals surface area contributed by atoms with Gasteiger partial charge in [-0.3, -0.25) is 4.79 Å². The fourth-order valence-corrected chi connectivity index (χ4v) is 3.26. The summed E-state index contributed by atoms with van der Waals surface area (Å²) in [6, 6.07) is 9.95. The molecule has 0 bridgehead atoms. The molecular weight excluding hydrogens is 330 g/mol. The van der Waals surface area contributed by atoms with Gasteiger partial charge in [0, 0.05) is 29.7 Å². The van der Waals surface area contributed by atoms with Crippen LogP contribution in [0.3, 0.4) is 0 Å². The van der Waals surface area contributed by atoms with Crippen molar-refractivity contribution in [1.29, 1.82) is 0 Å². The summed E-state index contributed by atoms with van der Waals surface area (Å²) in [4.78, 5) is 14.6. The molecule has 1 aliphatic rings. The summed E-state index contributed by atoms with van der Waals surface area (Å²) < 4.78 is 2.87. The van der Waals surface area contributed by atoms with E-state index in [0.717, 1.165) is 54.4 Å². The number of rotatable bonds is 3. The predicted octanol–water partition coefficient (Wildman–Crippen LogP) is 2.19. The highest BCUT2D eigenvalue weighted by atomic mass is 79.9. The SMILES string of the molecule is NC1CCN(CCn2c(=O)ccc3ccc(Br)cc32)CC1. The monoisotopic (exact) mass is 349 g/mol. The molecule has 3 rings (SSSR count). The van der Waals surface area contributed by atoms with E-state index in [1.165, 1.54) is 0 Å². The molecule has 1 fully saturated rings. The van der Waals surface area contributed by atoms with Crippen molar-refractivity contribution in [3.63, 3.8) is 0 Å². The Morgan fingerprint density at radius 1 is 1.14 bits per heavy atom. The van der Waals surface area contributed by atoms with Crippen molar-refractivity contribution in [2.45, 2.75) is 25.4 Å². The molecule has 1 saturated heterocycles. The molecule has 5 heteroatoms. The normalized spacial score (nSPS) is 17.4. The third-order valence-corrected chi connectivity index (χ3v) is 4.72. The Balaban J connectivity index is 1.81. The standard InChI is InChI=1S/C16H20BrN3O/c17-13-3-1-12-2-4-16(21)20(15(12)11-13)10-9-19-7-5-14(18)6-8-19/h1-4,11,14H,5-10,18H2. The number of hydrogen-bond acceptors (Lipinski definition) is 3. The number of nitrogens with two attached hydrogens (primary N) is 1. The lowest BCUT2D eigenvalue weighted by Gasteiger charge is -2.30. The van der Waals surface area contributed by atoms with Gasteiger partial charge in [-0.15, -0.1) is 0 Å². The number of aromatic nitrogens is 1. The van der Waals surface area contributed by atoms with Crippen molar-refractivity contribution in [3.05, 3.63) is 45.2 Å². The molecule has 0 spiro atoms. The summed E-state index contributed by atoms with van der Waals surface area (Å²) in [5.41, 5.74) is 6.99. The van der Waals surface area contributed by atoms with E-state index in [0.29, 0.717) is 6.04 Å². The second-order valence-electron chi connectivity index (χ2n) is 5.71. The predicted molar refractivity (Wildman–Crippen MR) is 89.6 cm³/mol. The van der Waals surface area contributed by atoms with E-state index in [-0.39, 0.29) is 5.56 Å². The van der Waals surface area contributed by atoms with Gasteiger partial charge in [0.05, 0.1) is 5.52 Å². The first kappa shape index (κ1) is 14.8. The Kier molecular flexibility index (Phi) is 4.42. The summed E-state index contributed by atoms with van der Waals surface area (Å²) in [6.07, 6.45) is 2.10. The Hall–Kier alpha value is -1.17. The largest absolute Gasteiger partial charge is 0.328 e. The molecule has 0 radical (unpaired) electrons. The first-order chi connectivity index (χ1) is 10.1. The van der Waals surface area contributed by atoms with Gasteiger partial charge in [0.25, 0.3) is 5.56 Å². The van der Waals surface area contributed by atoms with E-state index in [1.54, 1.807) is 6.07 Å². The molecule has 1 aliphatic heterocycles. The molecule has 112 valence electrons. The Morgan fingerprint density at radius 2 is 1.86 bits per heavy atom. The van der Waals surface area contributed by atoms with Crippen LogP contribution < -0.4 is 11.3 Å². The number of likely N-dealkylation sites (tertiary alicyclic amines) is 1. The maximum Gasteiger partial charge on any atom is 0.251 e. The number of halogens is 1. The Labute approximate surface area is 132 Å². The highest BCUT2D eigenvalue weighted by Crippen LogP contribution is 2.18. The van der Waals surface area contributed by atoms with Crippen molar-refractivity contribution in [3.8, 4) is 0 Å². The van der Waals surface area contributed by atoms with Gasteiger partial charge in [-0.2, -0.15) is 0 Å². The minimum atomic E-state index is 0.0642. The third kappa shape index (κ3) is 3.36. The van der Waals surface area contributed by atoms with Crippen LogP contribution in [0.1, 0.15) is 12.8 Å². The van der Waals surface area contributed by atoms with Crippen LogP contribution in [-0.4, -0.2) is 35.1 Å². The number of pyridine rings is 1. The zero-order valence-corrected chi connectivity index (χ0v) is 13.6. The van der Waals surface area contributed by atoms with Crippen LogP contribution in [-0.2, 0) is 6.54 Å². The van der Waals surface area contributed by atoms with Gasteiger partial charge in [0.2, 0.25) is 0 Å². The Bertz CT molecular complexity index is 689. The molecule has 1 aromatic carbocycles. The van der Waals surface area contributed by atoms with Gasteiger partial charge in [-0.25, -0.2) is 0 Å². The van der Waals surface area contributed by atoms with Crippen LogP contribution in [0.25, 0.3) is 10.9 Å². The topological polar surface area (TPSA) is 51.3 Å². The molecule has 0 atom stereocenters. The number of nitrogens with zero attached hydrogens (tertiary/aromatic N) is 2. The van der Waals surface area contributed by atoms with Crippen LogP contribution in [0.15, 0.2) is 39.6 Å². The molecular formula is C16H20BrN3O. The average molecular weight is 350 g/mol. The minimum Gasteiger partial charge on any atom is -0.328 e. The fraction of sp³-hybridized carbons (Fsp3) is 0.438. The van der Waals surface area contributed by atoms with Crippen LogP contribution in [0.5, 0.6) is 0 Å². The van der Waals surface area contributed by atoms with Crippen LogP contribution >= 0.6 is 15.9 Å². The van der Waals surface area contributed by atoms with E-state index in [2.05, 4.69) is 20.8 Å². The third-order valence-electron chi connectivity index (χ3n) is 4.23. The molecule has 21 heavy (non-hydrogen) atoms. The van der Waals surface area contributed by atoms with Crippen LogP contribution in [0, 0.1) is 0 Å². The van der Waals surface area contributed by atoms with E-state index >= 15 is 0 Å². The van der Waals surface area contributed by atoms with Gasteiger partial charge < -0.3 is 15.2 Å². The molecule has 0 aliphatic carbocycles. The molecule has 0 saturated carbocycles. The lowest BCUT2D eigenvalue weighted by Crippen LogP contribution is -2.41. The first-order valence-electron chi connectivity index (χ1n) is 7.40. The molecule has 0 amide bonds. The number of benzene rings is 1. The Morgan fingerprint density at radius 3 is 2.62 bits per heavy atom. The van der Waals surface area contributed by atoms with E-state index in [9.17, 15) is 4.79 Å². The van der Waals surface area contributed by atoms with Crippen LogP contribution in [0.4, 0.5) is 0 Å². The lowest BCUT2D eigenvalue weighted by molar-refractivity contribution is 0.206. The lowest BCUT2D eigenvalue weighted by atomic mass is 10.1. The molecule has 2 aromatic rings. The van der Waals surface area contributed by atoms with Gasteiger partial charge in [0.15, 0.2) is 0 Å². The van der Waals surface area contributed by atoms with Gasteiger partial charge >= 0.3 is 0 Å². The number of piperidine rings is 1. The maximum absolute atomic E-state index is 12.2. The van der Waals surface area contributed by atoms with Crippen molar-refractivity contribution < 1.29 is 0 Å². The molecule has 0 unspecified atom stereocenters. The summed E-state index contributed by atoms with van der Waals surface area (Å²) >= 11 is 3.49. The van der Waals surface area contributed by atoms with Crippen LogP contribution in [0.2, 0.25) is 0 Å². The van der Waals surface area contributed by atoms with E-state index in [4.69, 9.17) is 5.73 Å². The highest BCUT2D eigenvalue weighted by Gasteiger charge is 2.16. The van der Waals surface area contributed by atoms with Crippen molar-refractivity contribution in [2.24, 2.45) is 5.73 Å². The zero-order valence-electron chi connectivity index (χ0n) is 12.0. The molecule has 2 N–H and O–H groups in total. The number of hydrogen-bond donors (Lipinski definition) is 1. The minimum absolute atomic E-state index is 0.0642. The summed E-state index contributed by atoms with van der Waals surface area (Å²) in [7, 11) is 0. The second-order valence-corrected chi connectivity index (χ2v) is 6.62. The van der Waals surface area contributed by atoms with Crippen molar-refractivity contribution in [1.82, 2.24) is 9.47 Å². The first-order valence-corrected chi connectivity index (χ1v) is 8.20. The fourth-order valence-electron chi connectivity index (χ4n) is 2.91. The molecule has 2 heterocycles. The molecule has 4 nitrogen and oxygen atoms in total. The summed E-state index contributed by atoms with van der Waals surface area (Å²) in [5, 5.41) is 1.10. The van der Waals surface area contributed by atoms with Crippen molar-refractivity contribution >= 4 is 26.8 Å². The second kappa shape index (κ2) is 6.30. The smallest absolute Gasteiger partial charge is 0.251 e. The van der Waals surface area contributed by atoms with E-state index in [1.807, 2.05) is 28.8 Å². The van der Waals surface area contributed by atoms with Crippen molar-refractivity contribution in [2.75, 3.05) is 19.6 Å². The van der Waals surface area contributed by atoms with Gasteiger partial charge in [-0.1, -0.05) is 22.0 Å². The summed E-state index contributed by atoms with van der Waals surface area (Å²) in [5.74, 6) is 0. The van der Waals surface area contributed by atoms with Gasteiger partial charge in [0.1, 0.15) is 0 Å². The molecule has 1 aromatic heterocycles. The van der Waals surface area contributed by atoms with E-state index < -0.39 is 0 Å². The van der Waals surface area contributed by atoms with Gasteiger partial charge in [-0.05, 0) is 49.5 Å². The highest BCUT2D eigenvalue weighted by molar-refractivity contribution is 9.10. The zero-order chi connectivity index (χ0) is 14.8. The quantitative estimate of drug-likeness (QED) is 0.923. The number of fused-ring (bicyclic) bond motifs is 1. The summed E-state index contributed by atoms with van der Waals surface area (Å²) in [6.45, 7) is 3.69.